The summed E-state index contributed by atoms with van der Waals surface area (Å²) in [5, 5.41) is 7.91. The van der Waals surface area contributed by atoms with Crippen molar-refractivity contribution in [1.29, 1.82) is 0 Å². The minimum atomic E-state index is 0. The maximum Gasteiger partial charge on any atom is 0.274 e. The monoisotopic (exact) mass is 392 g/mol. The van der Waals surface area contributed by atoms with Crippen molar-refractivity contribution in [3.63, 3.8) is 0 Å². The molecular weight excluding hydrogens is 364 g/mol. The predicted molar refractivity (Wildman–Crippen MR) is 109 cm³/mol. The highest BCUT2D eigenvalue weighted by molar-refractivity contribution is 5.92. The van der Waals surface area contributed by atoms with Gasteiger partial charge < -0.3 is 15.0 Å². The first-order chi connectivity index (χ1) is 12.6. The lowest BCUT2D eigenvalue weighted by molar-refractivity contribution is 0.0684. The molecule has 1 aliphatic heterocycles. The first-order valence-electron chi connectivity index (χ1n) is 9.33. The van der Waals surface area contributed by atoms with Crippen LogP contribution in [0.15, 0.2) is 30.5 Å². The second-order valence-electron chi connectivity index (χ2n) is 6.86. The fourth-order valence-electron chi connectivity index (χ4n) is 3.40. The number of carbonyl (C=O) groups is 1. The van der Waals surface area contributed by atoms with Crippen LogP contribution in [-0.4, -0.2) is 53.9 Å². The highest BCUT2D eigenvalue weighted by Crippen LogP contribution is 2.24. The van der Waals surface area contributed by atoms with Crippen molar-refractivity contribution in [2.45, 2.75) is 26.7 Å². The molecule has 1 fully saturated rings. The molecule has 2 aromatic rings. The Balaban J connectivity index is 0.00000261. The molecule has 1 N–H and O–H groups in total. The van der Waals surface area contributed by atoms with Crippen molar-refractivity contribution in [2.75, 3.05) is 33.3 Å². The van der Waals surface area contributed by atoms with E-state index in [-0.39, 0.29) is 18.3 Å². The van der Waals surface area contributed by atoms with Crippen LogP contribution in [0.2, 0.25) is 0 Å². The van der Waals surface area contributed by atoms with Gasteiger partial charge in [0, 0.05) is 19.3 Å². The lowest BCUT2D eigenvalue weighted by Gasteiger charge is -2.31. The number of aromatic nitrogens is 2. The molecule has 0 spiro atoms. The van der Waals surface area contributed by atoms with E-state index in [0.717, 1.165) is 56.0 Å². The Labute approximate surface area is 167 Å². The van der Waals surface area contributed by atoms with Crippen molar-refractivity contribution < 1.29 is 9.53 Å². The molecule has 6 nitrogen and oxygen atoms in total. The Bertz CT molecular complexity index is 754. The van der Waals surface area contributed by atoms with Gasteiger partial charge in [-0.15, -0.1) is 12.4 Å². The van der Waals surface area contributed by atoms with Crippen molar-refractivity contribution in [3.8, 4) is 11.4 Å². The zero-order valence-electron chi connectivity index (χ0n) is 16.3. The summed E-state index contributed by atoms with van der Waals surface area (Å²) < 4.78 is 7.14. The number of hydrogen-bond acceptors (Lipinski definition) is 4. The van der Waals surface area contributed by atoms with Gasteiger partial charge in [0.25, 0.3) is 5.91 Å². The second-order valence-corrected chi connectivity index (χ2v) is 6.86. The van der Waals surface area contributed by atoms with E-state index in [0.29, 0.717) is 11.6 Å². The number of likely N-dealkylation sites (tertiary alicyclic amines) is 1. The summed E-state index contributed by atoms with van der Waals surface area (Å²) in [5.41, 5.74) is 2.45. The average Bonchev–Trinajstić information content (AvgIpc) is 3.16. The minimum absolute atomic E-state index is 0. The summed E-state index contributed by atoms with van der Waals surface area (Å²) in [5.74, 6) is 1.41. The van der Waals surface area contributed by atoms with Crippen LogP contribution < -0.4 is 10.1 Å². The number of piperidine rings is 1. The van der Waals surface area contributed by atoms with Crippen LogP contribution in [-0.2, 0) is 0 Å². The molecule has 7 heteroatoms. The predicted octanol–water partition coefficient (Wildman–Crippen LogP) is 3.07. The van der Waals surface area contributed by atoms with Gasteiger partial charge in [0.1, 0.15) is 11.4 Å². The number of ether oxygens (including phenoxy) is 1. The number of hydrogen-bond donors (Lipinski definition) is 1. The Kier molecular flexibility index (Phi) is 7.68. The van der Waals surface area contributed by atoms with Crippen molar-refractivity contribution >= 4 is 18.3 Å². The summed E-state index contributed by atoms with van der Waals surface area (Å²) in [6.45, 7) is 7.79. The molecule has 2 heterocycles. The largest absolute Gasteiger partial charge is 0.494 e. The van der Waals surface area contributed by atoms with Crippen LogP contribution in [0.4, 0.5) is 0 Å². The molecule has 1 aromatic heterocycles. The molecule has 0 aliphatic carbocycles. The quantitative estimate of drug-likeness (QED) is 0.820. The van der Waals surface area contributed by atoms with Crippen LogP contribution >= 0.6 is 12.4 Å². The Morgan fingerprint density at radius 1 is 1.30 bits per heavy atom. The molecule has 1 saturated heterocycles. The third-order valence-corrected chi connectivity index (χ3v) is 4.97. The van der Waals surface area contributed by atoms with E-state index in [4.69, 9.17) is 4.74 Å². The first-order valence-corrected chi connectivity index (χ1v) is 9.33. The fourth-order valence-corrected chi connectivity index (χ4v) is 3.40. The number of amides is 1. The number of carbonyl (C=O) groups excluding carboxylic acids is 1. The number of halogens is 1. The van der Waals surface area contributed by atoms with Crippen molar-refractivity contribution in [3.05, 3.63) is 41.7 Å². The van der Waals surface area contributed by atoms with E-state index in [1.807, 2.05) is 36.2 Å². The number of rotatable bonds is 6. The minimum Gasteiger partial charge on any atom is -0.494 e. The molecule has 148 valence electrons. The Morgan fingerprint density at radius 3 is 2.70 bits per heavy atom. The van der Waals surface area contributed by atoms with E-state index in [1.54, 1.807) is 17.9 Å². The van der Waals surface area contributed by atoms with Gasteiger partial charge >= 0.3 is 0 Å². The maximum atomic E-state index is 12.8. The van der Waals surface area contributed by atoms with E-state index >= 15 is 0 Å². The molecular formula is C20H29ClN4O2. The molecule has 1 aliphatic rings. The number of methoxy groups -OCH3 is 1. The van der Waals surface area contributed by atoms with E-state index in [9.17, 15) is 4.79 Å². The standard InChI is InChI=1S/C20H28N4O2.ClH/c1-4-21-14-16-7-10-23(11-8-16)20(25)17-9-12-24(22-17)18-13-15(2)5-6-19(18)26-3;/h5-6,9,12-13,16,21H,4,7-8,10-11,14H2,1-3H3;1H. The average molecular weight is 393 g/mol. The summed E-state index contributed by atoms with van der Waals surface area (Å²) >= 11 is 0. The van der Waals surface area contributed by atoms with Gasteiger partial charge in [-0.2, -0.15) is 5.10 Å². The van der Waals surface area contributed by atoms with Crippen LogP contribution in [0.25, 0.3) is 5.69 Å². The summed E-state index contributed by atoms with van der Waals surface area (Å²) in [4.78, 5) is 14.7. The van der Waals surface area contributed by atoms with E-state index < -0.39 is 0 Å². The molecule has 3 rings (SSSR count). The van der Waals surface area contributed by atoms with Crippen LogP contribution in [0, 0.1) is 12.8 Å². The molecule has 0 unspecified atom stereocenters. The maximum absolute atomic E-state index is 12.8. The molecule has 0 atom stereocenters. The van der Waals surface area contributed by atoms with E-state index in [1.165, 1.54) is 0 Å². The van der Waals surface area contributed by atoms with Gasteiger partial charge in [-0.1, -0.05) is 13.0 Å². The number of nitrogens with one attached hydrogen (secondary N) is 1. The molecule has 0 saturated carbocycles. The van der Waals surface area contributed by atoms with Gasteiger partial charge in [-0.05, 0) is 62.5 Å². The zero-order chi connectivity index (χ0) is 18.5. The van der Waals surface area contributed by atoms with Crippen LogP contribution in [0.5, 0.6) is 5.75 Å². The smallest absolute Gasteiger partial charge is 0.274 e. The summed E-state index contributed by atoms with van der Waals surface area (Å²) in [7, 11) is 1.64. The normalized spacial score (nSPS) is 14.7. The summed E-state index contributed by atoms with van der Waals surface area (Å²) in [6.07, 6.45) is 3.92. The van der Waals surface area contributed by atoms with Gasteiger partial charge in [0.2, 0.25) is 0 Å². The summed E-state index contributed by atoms with van der Waals surface area (Å²) in [6, 6.07) is 7.71. The lowest BCUT2D eigenvalue weighted by atomic mass is 9.96. The molecule has 0 bridgehead atoms. The lowest BCUT2D eigenvalue weighted by Crippen LogP contribution is -2.41. The molecule has 1 aromatic carbocycles. The second kappa shape index (κ2) is 9.76. The molecule has 0 radical (unpaired) electrons. The topological polar surface area (TPSA) is 59.4 Å². The third kappa shape index (κ3) is 5.02. The molecule has 27 heavy (non-hydrogen) atoms. The third-order valence-electron chi connectivity index (χ3n) is 4.97. The van der Waals surface area contributed by atoms with Crippen LogP contribution in [0.1, 0.15) is 35.8 Å². The highest BCUT2D eigenvalue weighted by Gasteiger charge is 2.25. The van der Waals surface area contributed by atoms with Gasteiger partial charge in [0.05, 0.1) is 7.11 Å². The van der Waals surface area contributed by atoms with Crippen molar-refractivity contribution in [2.24, 2.45) is 5.92 Å². The fraction of sp³-hybridized carbons (Fsp3) is 0.500. The number of aryl methyl sites for hydroxylation is 1. The SMILES string of the molecule is CCNCC1CCN(C(=O)c2ccn(-c3cc(C)ccc3OC)n2)CC1.Cl. The number of benzene rings is 1. The van der Waals surface area contributed by atoms with Gasteiger partial charge in [-0.25, -0.2) is 4.68 Å². The zero-order valence-corrected chi connectivity index (χ0v) is 17.1. The van der Waals surface area contributed by atoms with Gasteiger partial charge in [0.15, 0.2) is 5.69 Å². The Morgan fingerprint density at radius 2 is 2.04 bits per heavy atom. The highest BCUT2D eigenvalue weighted by atomic mass is 35.5. The van der Waals surface area contributed by atoms with E-state index in [2.05, 4.69) is 17.3 Å². The van der Waals surface area contributed by atoms with Gasteiger partial charge in [-0.3, -0.25) is 4.79 Å². The van der Waals surface area contributed by atoms with Crippen molar-refractivity contribution in [1.82, 2.24) is 20.0 Å². The molecule has 1 amide bonds. The van der Waals surface area contributed by atoms with Crippen LogP contribution in [0.3, 0.4) is 0 Å². The Hall–Kier alpha value is -2.05. The first kappa shape index (κ1) is 21.3. The number of nitrogens with zero attached hydrogens (tertiary/aromatic N) is 3.